The smallest absolute Gasteiger partial charge is 0.324 e. The van der Waals surface area contributed by atoms with E-state index in [1.54, 1.807) is 43.5 Å². The van der Waals surface area contributed by atoms with Crippen molar-refractivity contribution in [3.63, 3.8) is 0 Å². The second-order valence-electron chi connectivity index (χ2n) is 19.4. The number of phenols is 1. The fraction of sp³-hybridized carbons (Fsp3) is 0.500. The van der Waals surface area contributed by atoms with Crippen molar-refractivity contribution in [3.8, 4) is 28.1 Å². The molecule has 4 amide bonds. The number of aromatic nitrogens is 2. The van der Waals surface area contributed by atoms with E-state index >= 15 is 0 Å². The number of sulfone groups is 1. The van der Waals surface area contributed by atoms with Gasteiger partial charge in [-0.15, -0.1) is 0 Å². The summed E-state index contributed by atoms with van der Waals surface area (Å²) in [6, 6.07) is 12.0. The van der Waals surface area contributed by atoms with Crippen molar-refractivity contribution >= 4 is 44.6 Å². The molecule has 3 aliphatic heterocycles. The van der Waals surface area contributed by atoms with E-state index < -0.39 is 57.2 Å². The van der Waals surface area contributed by atoms with Crippen molar-refractivity contribution in [2.75, 3.05) is 46.7 Å². The standard InChI is InChI=1S/C50H65N7O9S/c1-10-56-42-16-15-34-25-38(42)39(45(56)37-13-11-18-51-43(37)31(4)65-8)26-50(5,6)29-66-48(61)40-14-12-19-57(53-40)47(60)41(23-33-21-35(34)24-36(58)22-33)52-46(59)44(30(2)3)54(7)49(62)55-27-32(28-55)17-20-67(9,63)64/h11,13,15-18,20-22,24-25,30-32,40-41,44,53,58H,10,12,14,19,23,26-29H2,1-9H3,(H,52,59)/b20-17+/t31-,40-,41-,44-/m0/s1. The number of esters is 1. The van der Waals surface area contributed by atoms with Gasteiger partial charge in [-0.05, 0) is 97.7 Å². The Balaban J connectivity index is 1.29. The number of hydrazine groups is 1. The molecule has 4 atom stereocenters. The number of carbonyl (C=O) groups is 4. The molecule has 7 rings (SSSR count). The Morgan fingerprint density at radius 2 is 1.85 bits per heavy atom. The van der Waals surface area contributed by atoms with Crippen molar-refractivity contribution in [2.24, 2.45) is 17.3 Å². The predicted octanol–water partition coefficient (Wildman–Crippen LogP) is 6.02. The molecule has 360 valence electrons. The lowest BCUT2D eigenvalue weighted by molar-refractivity contribution is -0.155. The molecule has 3 N–H and O–H groups in total. The number of likely N-dealkylation sites (tertiary alicyclic amines) is 1. The van der Waals surface area contributed by atoms with Gasteiger partial charge >= 0.3 is 12.0 Å². The number of nitrogens with one attached hydrogen (secondary N) is 2. The van der Waals surface area contributed by atoms with Crippen LogP contribution >= 0.6 is 0 Å². The number of carbonyl (C=O) groups excluding carboxylic acids is 4. The number of hydrogen-bond acceptors (Lipinski definition) is 11. The van der Waals surface area contributed by atoms with E-state index in [9.17, 15) is 32.7 Å². The Hall–Kier alpha value is -5.78. The van der Waals surface area contributed by atoms with Gasteiger partial charge in [0.1, 0.15) is 23.9 Å². The molecule has 2 saturated heterocycles. The number of aryl methyl sites for hydroxylation is 1. The van der Waals surface area contributed by atoms with Crippen LogP contribution in [-0.4, -0.2) is 126 Å². The van der Waals surface area contributed by atoms with Gasteiger partial charge < -0.3 is 34.3 Å². The van der Waals surface area contributed by atoms with Crippen LogP contribution in [0.15, 0.2) is 66.2 Å². The number of benzene rings is 2. The molecule has 17 heteroatoms. The lowest BCUT2D eigenvalue weighted by atomic mass is 9.84. The molecule has 16 nitrogen and oxygen atoms in total. The van der Waals surface area contributed by atoms with Crippen LogP contribution in [-0.2, 0) is 53.1 Å². The maximum absolute atomic E-state index is 14.7. The van der Waals surface area contributed by atoms with Crippen LogP contribution in [0.2, 0.25) is 0 Å². The van der Waals surface area contributed by atoms with E-state index in [0.717, 1.165) is 50.6 Å². The van der Waals surface area contributed by atoms with Gasteiger partial charge in [0.15, 0.2) is 9.84 Å². The van der Waals surface area contributed by atoms with Crippen LogP contribution in [0.5, 0.6) is 5.75 Å². The highest BCUT2D eigenvalue weighted by molar-refractivity contribution is 7.93. The highest BCUT2D eigenvalue weighted by atomic mass is 32.2. The largest absolute Gasteiger partial charge is 0.508 e. The number of nitrogens with zero attached hydrogens (tertiary/aromatic N) is 5. The highest BCUT2D eigenvalue weighted by Gasteiger charge is 2.40. The monoisotopic (exact) mass is 939 g/mol. The maximum atomic E-state index is 14.7. The summed E-state index contributed by atoms with van der Waals surface area (Å²) in [7, 11) is -0.110. The Kier molecular flexibility index (Phi) is 14.5. The zero-order valence-corrected chi connectivity index (χ0v) is 40.9. The van der Waals surface area contributed by atoms with Crippen LogP contribution in [0.1, 0.15) is 77.3 Å². The molecule has 0 unspecified atom stereocenters. The fourth-order valence-electron chi connectivity index (χ4n) is 9.64. The van der Waals surface area contributed by atoms with Crippen LogP contribution in [0, 0.1) is 17.3 Å². The number of urea groups is 1. The van der Waals surface area contributed by atoms with Gasteiger partial charge in [0, 0.05) is 92.4 Å². The van der Waals surface area contributed by atoms with Crippen molar-refractivity contribution in [1.29, 1.82) is 0 Å². The molecular formula is C50H65N7O9S. The molecule has 0 radical (unpaired) electrons. The van der Waals surface area contributed by atoms with Gasteiger partial charge in [0.25, 0.3) is 5.91 Å². The number of ether oxygens (including phenoxy) is 2. The Labute approximate surface area is 393 Å². The molecule has 2 aromatic heterocycles. The molecule has 3 aliphatic rings. The first-order chi connectivity index (χ1) is 31.7. The molecule has 0 aliphatic carbocycles. The van der Waals surface area contributed by atoms with Gasteiger partial charge in [0.05, 0.1) is 24.1 Å². The van der Waals surface area contributed by atoms with Gasteiger partial charge in [-0.3, -0.25) is 24.4 Å². The third kappa shape index (κ3) is 10.8. The average Bonchev–Trinajstić information content (AvgIpc) is 3.57. The van der Waals surface area contributed by atoms with E-state index in [-0.39, 0.29) is 43.3 Å². The SMILES string of the molecule is CCn1c(-c2cccnc2[C@H](C)OC)c2c3cc(ccc31)-c1cc(O)cc(c1)C[C@H](NC(=O)[C@H](C(C)C)N(C)C(=O)N1CC(/C=C/S(C)(=O)=O)C1)C(=O)N1CCC[C@H](N1)C(=O)OCC(C)(C)C2. The van der Waals surface area contributed by atoms with E-state index in [2.05, 4.69) is 54.3 Å². The molecule has 2 aromatic carbocycles. The molecule has 6 bridgehead atoms. The van der Waals surface area contributed by atoms with E-state index in [1.807, 2.05) is 39.0 Å². The quantitative estimate of drug-likeness (QED) is 0.158. The van der Waals surface area contributed by atoms with E-state index in [4.69, 9.17) is 14.5 Å². The number of fused-ring (bicyclic) bond motifs is 6. The van der Waals surface area contributed by atoms with Crippen LogP contribution in [0.4, 0.5) is 4.79 Å². The van der Waals surface area contributed by atoms with Gasteiger partial charge in [0.2, 0.25) is 5.91 Å². The normalized spacial score (nSPS) is 20.3. The molecule has 5 heterocycles. The summed E-state index contributed by atoms with van der Waals surface area (Å²) >= 11 is 0. The number of amides is 4. The summed E-state index contributed by atoms with van der Waals surface area (Å²) in [4.78, 5) is 64.5. The fourth-order valence-corrected chi connectivity index (χ4v) is 10.1. The molecule has 67 heavy (non-hydrogen) atoms. The van der Waals surface area contributed by atoms with Crippen LogP contribution < -0.4 is 10.7 Å². The molecule has 4 aromatic rings. The molecule has 0 saturated carbocycles. The summed E-state index contributed by atoms with van der Waals surface area (Å²) in [6.45, 7) is 13.4. The lowest BCUT2D eigenvalue weighted by Crippen LogP contribution is -2.63. The van der Waals surface area contributed by atoms with E-state index in [1.165, 1.54) is 9.91 Å². The van der Waals surface area contributed by atoms with Gasteiger partial charge in [-0.1, -0.05) is 45.9 Å². The first kappa shape index (κ1) is 49.1. The molecule has 2 fully saturated rings. The summed E-state index contributed by atoms with van der Waals surface area (Å²) in [5.74, 6) is -2.07. The summed E-state index contributed by atoms with van der Waals surface area (Å²) in [6.07, 6.45) is 5.59. The topological polar surface area (TPSA) is 193 Å². The minimum absolute atomic E-state index is 0.0233. The van der Waals surface area contributed by atoms with E-state index in [0.29, 0.717) is 50.0 Å². The third-order valence-electron chi connectivity index (χ3n) is 13.1. The lowest BCUT2D eigenvalue weighted by Gasteiger charge is -2.42. The zero-order valence-electron chi connectivity index (χ0n) is 40.0. The molecular weight excluding hydrogens is 875 g/mol. The number of cyclic esters (lactones) is 1. The average molecular weight is 940 g/mol. The maximum Gasteiger partial charge on any atom is 0.324 e. The number of likely N-dealkylation sites (N-methyl/N-ethyl adjacent to an activating group) is 1. The van der Waals surface area contributed by atoms with Crippen molar-refractivity contribution in [2.45, 2.75) is 98.0 Å². The van der Waals surface area contributed by atoms with Gasteiger partial charge in [-0.25, -0.2) is 18.6 Å². The van der Waals surface area contributed by atoms with Crippen LogP contribution in [0.25, 0.3) is 33.3 Å². The van der Waals surface area contributed by atoms with Crippen molar-refractivity contribution in [3.05, 3.63) is 83.0 Å². The first-order valence-electron chi connectivity index (χ1n) is 23.1. The second-order valence-corrected chi connectivity index (χ2v) is 21.4. The third-order valence-corrected chi connectivity index (χ3v) is 13.7. The first-order valence-corrected chi connectivity index (χ1v) is 25.0. The Morgan fingerprint density at radius 3 is 2.54 bits per heavy atom. The van der Waals surface area contributed by atoms with Gasteiger partial charge in [-0.2, -0.15) is 0 Å². The number of pyridine rings is 1. The predicted molar refractivity (Wildman–Crippen MR) is 256 cm³/mol. The number of methoxy groups -OCH3 is 1. The van der Waals surface area contributed by atoms with Crippen molar-refractivity contribution in [1.82, 2.24) is 35.1 Å². The summed E-state index contributed by atoms with van der Waals surface area (Å²) < 4.78 is 37.5. The van der Waals surface area contributed by atoms with Crippen molar-refractivity contribution < 1.29 is 42.2 Å². The summed E-state index contributed by atoms with van der Waals surface area (Å²) in [5, 5.41) is 17.8. The second kappa shape index (κ2) is 19.8. The molecule has 0 spiro atoms. The zero-order chi connectivity index (χ0) is 48.5. The minimum atomic E-state index is -3.32. The number of rotatable bonds is 10. The Bertz CT molecular complexity index is 2670. The minimum Gasteiger partial charge on any atom is -0.508 e. The Morgan fingerprint density at radius 1 is 1.10 bits per heavy atom. The summed E-state index contributed by atoms with van der Waals surface area (Å²) in [5.41, 5.74) is 9.44. The number of hydrogen-bond donors (Lipinski definition) is 3. The van der Waals surface area contributed by atoms with Crippen LogP contribution in [0.3, 0.4) is 0 Å². The number of phenolic OH excluding ortho intramolecular Hbond substituents is 1. The highest BCUT2D eigenvalue weighted by Crippen LogP contribution is 2.42. The number of aromatic hydroxyl groups is 1.